The average molecular weight is 301 g/mol. The van der Waals surface area contributed by atoms with E-state index in [-0.39, 0.29) is 12.1 Å². The van der Waals surface area contributed by atoms with E-state index in [2.05, 4.69) is 31.0 Å². The first kappa shape index (κ1) is 18.1. The fourth-order valence-corrected chi connectivity index (χ4v) is 1.96. The van der Waals surface area contributed by atoms with Gasteiger partial charge in [0.05, 0.1) is 12.6 Å². The third-order valence-electron chi connectivity index (χ3n) is 3.28. The van der Waals surface area contributed by atoms with Crippen LogP contribution in [0.15, 0.2) is 30.3 Å². The third-order valence-corrected chi connectivity index (χ3v) is 3.28. The van der Waals surface area contributed by atoms with Gasteiger partial charge in [-0.1, -0.05) is 69.6 Å². The molecule has 0 saturated heterocycles. The summed E-state index contributed by atoms with van der Waals surface area (Å²) in [4.78, 5) is 11.8. The van der Waals surface area contributed by atoms with Gasteiger partial charge in [0.15, 0.2) is 0 Å². The predicted molar refractivity (Wildman–Crippen MR) is 90.6 cm³/mol. The van der Waals surface area contributed by atoms with Crippen molar-refractivity contribution in [3.63, 3.8) is 0 Å². The van der Waals surface area contributed by atoms with Gasteiger partial charge in [0, 0.05) is 5.56 Å². The van der Waals surface area contributed by atoms with Crippen molar-refractivity contribution in [2.24, 2.45) is 0 Å². The smallest absolute Gasteiger partial charge is 0.408 e. The second kappa shape index (κ2) is 11.7. The van der Waals surface area contributed by atoms with E-state index in [1.54, 1.807) is 0 Å². The Morgan fingerprint density at radius 2 is 1.86 bits per heavy atom. The Morgan fingerprint density at radius 3 is 2.55 bits per heavy atom. The number of unbranched alkanes of at least 4 members (excludes halogenated alkanes) is 3. The van der Waals surface area contributed by atoms with Crippen LogP contribution < -0.4 is 5.32 Å². The van der Waals surface area contributed by atoms with Crippen molar-refractivity contribution in [3.8, 4) is 11.8 Å². The number of alkyl carbamates (subject to hydrolysis) is 1. The van der Waals surface area contributed by atoms with Crippen molar-refractivity contribution < 1.29 is 9.53 Å². The zero-order chi connectivity index (χ0) is 16.0. The molecule has 0 aliphatic rings. The van der Waals surface area contributed by atoms with Gasteiger partial charge >= 0.3 is 6.09 Å². The standard InChI is InChI=1S/C19H27NO2/c1-3-5-8-13-18(20-19(21)22-16-6-4-2)15-14-17-11-9-7-10-12-17/h7,9-12,18H,3-6,8,13,16H2,1-2H3,(H,20,21). The van der Waals surface area contributed by atoms with E-state index < -0.39 is 0 Å². The fourth-order valence-electron chi connectivity index (χ4n) is 1.96. The minimum Gasteiger partial charge on any atom is -0.450 e. The van der Waals surface area contributed by atoms with E-state index in [1.807, 2.05) is 30.3 Å². The van der Waals surface area contributed by atoms with Crippen LogP contribution in [0.1, 0.15) is 57.9 Å². The molecule has 3 nitrogen and oxygen atoms in total. The van der Waals surface area contributed by atoms with Crippen LogP contribution in [0, 0.1) is 11.8 Å². The molecule has 0 bridgehead atoms. The van der Waals surface area contributed by atoms with Crippen LogP contribution in [0.2, 0.25) is 0 Å². The van der Waals surface area contributed by atoms with Crippen LogP contribution in [-0.4, -0.2) is 18.7 Å². The highest BCUT2D eigenvalue weighted by Crippen LogP contribution is 2.04. The molecule has 0 aliphatic carbocycles. The normalized spacial score (nSPS) is 11.2. The summed E-state index contributed by atoms with van der Waals surface area (Å²) in [5, 5.41) is 2.87. The molecule has 0 aliphatic heterocycles. The molecule has 0 aromatic heterocycles. The quantitative estimate of drug-likeness (QED) is 0.566. The zero-order valence-corrected chi connectivity index (χ0v) is 13.7. The molecule has 0 spiro atoms. The minimum absolute atomic E-state index is 0.152. The van der Waals surface area contributed by atoms with Gasteiger partial charge in [-0.25, -0.2) is 4.79 Å². The summed E-state index contributed by atoms with van der Waals surface area (Å²) in [7, 11) is 0. The summed E-state index contributed by atoms with van der Waals surface area (Å²) < 4.78 is 5.15. The van der Waals surface area contributed by atoms with Crippen LogP contribution in [0.5, 0.6) is 0 Å². The second-order valence-corrected chi connectivity index (χ2v) is 5.32. The maximum atomic E-state index is 11.8. The zero-order valence-electron chi connectivity index (χ0n) is 13.7. The lowest BCUT2D eigenvalue weighted by Gasteiger charge is -2.13. The van der Waals surface area contributed by atoms with Gasteiger partial charge < -0.3 is 10.1 Å². The summed E-state index contributed by atoms with van der Waals surface area (Å²) >= 11 is 0. The Labute approximate surface area is 134 Å². The highest BCUT2D eigenvalue weighted by molar-refractivity contribution is 5.68. The predicted octanol–water partition coefficient (Wildman–Crippen LogP) is 4.51. The highest BCUT2D eigenvalue weighted by atomic mass is 16.5. The van der Waals surface area contributed by atoms with Crippen molar-refractivity contribution in [2.45, 2.75) is 58.4 Å². The Hall–Kier alpha value is -1.95. The lowest BCUT2D eigenvalue weighted by molar-refractivity contribution is 0.142. The molecule has 0 heterocycles. The molecule has 1 aromatic rings. The number of ether oxygens (including phenoxy) is 1. The summed E-state index contributed by atoms with van der Waals surface area (Å²) in [6.45, 7) is 4.70. The lowest BCUT2D eigenvalue weighted by Crippen LogP contribution is -2.34. The second-order valence-electron chi connectivity index (χ2n) is 5.32. The van der Waals surface area contributed by atoms with E-state index in [0.717, 1.165) is 44.1 Å². The fraction of sp³-hybridized carbons (Fsp3) is 0.526. The van der Waals surface area contributed by atoms with Crippen LogP contribution in [0.3, 0.4) is 0 Å². The Morgan fingerprint density at radius 1 is 1.14 bits per heavy atom. The Bertz CT molecular complexity index is 473. The van der Waals surface area contributed by atoms with Crippen LogP contribution >= 0.6 is 0 Å². The molecule has 0 saturated carbocycles. The molecule has 0 radical (unpaired) electrons. The molecule has 120 valence electrons. The van der Waals surface area contributed by atoms with Crippen molar-refractivity contribution in [1.29, 1.82) is 0 Å². The number of hydrogen-bond donors (Lipinski definition) is 1. The minimum atomic E-state index is -0.364. The highest BCUT2D eigenvalue weighted by Gasteiger charge is 2.10. The van der Waals surface area contributed by atoms with E-state index >= 15 is 0 Å². The number of amides is 1. The number of hydrogen-bond acceptors (Lipinski definition) is 2. The molecule has 1 N–H and O–H groups in total. The molecule has 1 unspecified atom stereocenters. The van der Waals surface area contributed by atoms with E-state index in [0.29, 0.717) is 6.61 Å². The number of rotatable bonds is 8. The molecule has 22 heavy (non-hydrogen) atoms. The first-order valence-corrected chi connectivity index (χ1v) is 8.26. The van der Waals surface area contributed by atoms with Crippen molar-refractivity contribution in [3.05, 3.63) is 35.9 Å². The van der Waals surface area contributed by atoms with E-state index in [1.165, 1.54) is 0 Å². The van der Waals surface area contributed by atoms with Gasteiger partial charge in [-0.2, -0.15) is 0 Å². The molecular formula is C19H27NO2. The number of nitrogens with one attached hydrogen (secondary N) is 1. The topological polar surface area (TPSA) is 38.3 Å². The van der Waals surface area contributed by atoms with Crippen LogP contribution in [0.4, 0.5) is 4.79 Å². The van der Waals surface area contributed by atoms with Gasteiger partial charge in [0.2, 0.25) is 0 Å². The maximum Gasteiger partial charge on any atom is 0.408 e. The van der Waals surface area contributed by atoms with Crippen LogP contribution in [0.25, 0.3) is 0 Å². The largest absolute Gasteiger partial charge is 0.450 e. The Balaban J connectivity index is 2.55. The monoisotopic (exact) mass is 301 g/mol. The van der Waals surface area contributed by atoms with Gasteiger partial charge in [0.25, 0.3) is 0 Å². The first-order chi connectivity index (χ1) is 10.8. The van der Waals surface area contributed by atoms with Crippen molar-refractivity contribution in [2.75, 3.05) is 6.61 Å². The molecule has 1 aromatic carbocycles. The van der Waals surface area contributed by atoms with Crippen molar-refractivity contribution in [1.82, 2.24) is 5.32 Å². The molecule has 1 amide bonds. The summed E-state index contributed by atoms with van der Waals surface area (Å²) in [5.41, 5.74) is 0.962. The van der Waals surface area contributed by atoms with E-state index in [9.17, 15) is 4.79 Å². The SMILES string of the molecule is CCCCCC(C#Cc1ccccc1)NC(=O)OCCCC. The Kier molecular flexibility index (Phi) is 9.61. The maximum absolute atomic E-state index is 11.8. The van der Waals surface area contributed by atoms with Gasteiger partial charge in [0.1, 0.15) is 0 Å². The third kappa shape index (κ3) is 8.36. The van der Waals surface area contributed by atoms with Crippen LogP contribution in [-0.2, 0) is 4.74 Å². The number of benzene rings is 1. The summed E-state index contributed by atoms with van der Waals surface area (Å²) in [5.74, 6) is 6.28. The lowest BCUT2D eigenvalue weighted by atomic mass is 10.1. The van der Waals surface area contributed by atoms with E-state index in [4.69, 9.17) is 4.74 Å². The molecule has 1 rings (SSSR count). The van der Waals surface area contributed by atoms with Crippen molar-refractivity contribution >= 4 is 6.09 Å². The number of carbonyl (C=O) groups is 1. The molecule has 0 fully saturated rings. The average Bonchev–Trinajstić information content (AvgIpc) is 2.54. The molecular weight excluding hydrogens is 274 g/mol. The summed E-state index contributed by atoms with van der Waals surface area (Å²) in [6, 6.07) is 9.67. The van der Waals surface area contributed by atoms with Gasteiger partial charge in [-0.3, -0.25) is 0 Å². The number of carbonyl (C=O) groups excluding carboxylic acids is 1. The van der Waals surface area contributed by atoms with Gasteiger partial charge in [-0.05, 0) is 25.0 Å². The summed E-state index contributed by atoms with van der Waals surface area (Å²) in [6.07, 6.45) is 5.76. The molecule has 3 heteroatoms. The molecule has 1 atom stereocenters. The van der Waals surface area contributed by atoms with Gasteiger partial charge in [-0.15, -0.1) is 0 Å². The first-order valence-electron chi connectivity index (χ1n) is 8.26.